The van der Waals surface area contributed by atoms with Crippen molar-refractivity contribution >= 4 is 0 Å². The molecule has 3 heteroatoms. The van der Waals surface area contributed by atoms with Gasteiger partial charge in [0.15, 0.2) is 0 Å². The van der Waals surface area contributed by atoms with E-state index in [1.54, 1.807) is 0 Å². The average Bonchev–Trinajstić information content (AvgIpc) is 2.47. The van der Waals surface area contributed by atoms with E-state index in [0.717, 1.165) is 31.4 Å². The van der Waals surface area contributed by atoms with E-state index in [9.17, 15) is 4.79 Å². The molecule has 0 aliphatic heterocycles. The lowest BCUT2D eigenvalue weighted by Crippen LogP contribution is -2.34. The van der Waals surface area contributed by atoms with Gasteiger partial charge in [-0.2, -0.15) is 0 Å². The van der Waals surface area contributed by atoms with Crippen LogP contribution >= 0.6 is 0 Å². The third kappa shape index (κ3) is 3.97. The zero-order valence-electron chi connectivity index (χ0n) is 14.0. The summed E-state index contributed by atoms with van der Waals surface area (Å²) in [6, 6.07) is 2.63. The fraction of sp³-hybridized carbons (Fsp3) is 0.722. The monoisotopic (exact) mass is 290 g/mol. The quantitative estimate of drug-likeness (QED) is 0.872. The minimum absolute atomic E-state index is 0.222. The summed E-state index contributed by atoms with van der Waals surface area (Å²) in [5, 5.41) is 3.46. The predicted octanol–water partition coefficient (Wildman–Crippen LogP) is 3.27. The van der Waals surface area contributed by atoms with Gasteiger partial charge in [-0.1, -0.05) is 20.8 Å². The van der Waals surface area contributed by atoms with Gasteiger partial charge in [0.2, 0.25) is 0 Å². The SMILES string of the molecule is CCC(C)NCc1cc2c(n(CC(C)C)c1=O)CCCC2. The van der Waals surface area contributed by atoms with E-state index in [0.29, 0.717) is 18.5 Å². The van der Waals surface area contributed by atoms with Crippen molar-refractivity contribution in [2.45, 2.75) is 78.9 Å². The van der Waals surface area contributed by atoms with Crippen LogP contribution in [0.4, 0.5) is 0 Å². The van der Waals surface area contributed by atoms with Crippen LogP contribution in [0.25, 0.3) is 0 Å². The fourth-order valence-electron chi connectivity index (χ4n) is 3.06. The number of nitrogens with one attached hydrogen (secondary N) is 1. The summed E-state index contributed by atoms with van der Waals surface area (Å²) in [7, 11) is 0. The van der Waals surface area contributed by atoms with Crippen molar-refractivity contribution in [2.75, 3.05) is 0 Å². The molecular formula is C18H30N2O. The highest BCUT2D eigenvalue weighted by molar-refractivity contribution is 5.29. The first-order valence-electron chi connectivity index (χ1n) is 8.50. The van der Waals surface area contributed by atoms with Crippen LogP contribution in [0.5, 0.6) is 0 Å². The Kier molecular flexibility index (Phi) is 5.63. The summed E-state index contributed by atoms with van der Waals surface area (Å²) < 4.78 is 2.06. The number of hydrogen-bond acceptors (Lipinski definition) is 2. The molecule has 0 radical (unpaired) electrons. The average molecular weight is 290 g/mol. The highest BCUT2D eigenvalue weighted by Gasteiger charge is 2.18. The van der Waals surface area contributed by atoms with Crippen LogP contribution in [-0.4, -0.2) is 10.6 Å². The molecule has 0 bridgehead atoms. The fourth-order valence-corrected chi connectivity index (χ4v) is 3.06. The molecule has 0 aromatic carbocycles. The van der Waals surface area contributed by atoms with Crippen LogP contribution in [0.2, 0.25) is 0 Å². The Hall–Kier alpha value is -1.09. The lowest BCUT2D eigenvalue weighted by atomic mass is 9.94. The van der Waals surface area contributed by atoms with E-state index < -0.39 is 0 Å². The zero-order chi connectivity index (χ0) is 15.4. The summed E-state index contributed by atoms with van der Waals surface area (Å²) in [6.07, 6.45) is 5.76. The van der Waals surface area contributed by atoms with Crippen molar-refractivity contribution in [3.63, 3.8) is 0 Å². The molecular weight excluding hydrogens is 260 g/mol. The number of rotatable bonds is 6. The first-order chi connectivity index (χ1) is 10.0. The number of aromatic nitrogens is 1. The lowest BCUT2D eigenvalue weighted by molar-refractivity contribution is 0.471. The Bertz CT molecular complexity index is 531. The van der Waals surface area contributed by atoms with Crippen molar-refractivity contribution in [3.05, 3.63) is 33.2 Å². The second-order valence-corrected chi connectivity index (χ2v) is 6.85. The highest BCUT2D eigenvalue weighted by atomic mass is 16.1. The molecule has 3 nitrogen and oxygen atoms in total. The first-order valence-corrected chi connectivity index (χ1v) is 8.50. The third-order valence-electron chi connectivity index (χ3n) is 4.48. The number of nitrogens with zero attached hydrogens (tertiary/aromatic N) is 1. The van der Waals surface area contributed by atoms with E-state index in [1.165, 1.54) is 24.1 Å². The lowest BCUT2D eigenvalue weighted by Gasteiger charge is -2.24. The second-order valence-electron chi connectivity index (χ2n) is 6.85. The van der Waals surface area contributed by atoms with Gasteiger partial charge in [-0.25, -0.2) is 0 Å². The normalized spacial score (nSPS) is 16.0. The van der Waals surface area contributed by atoms with Crippen molar-refractivity contribution in [3.8, 4) is 0 Å². The molecule has 1 aromatic heterocycles. The summed E-state index contributed by atoms with van der Waals surface area (Å²) >= 11 is 0. The van der Waals surface area contributed by atoms with E-state index in [-0.39, 0.29) is 5.56 Å². The summed E-state index contributed by atoms with van der Waals surface area (Å²) in [5.74, 6) is 0.506. The zero-order valence-corrected chi connectivity index (χ0v) is 14.0. The molecule has 1 unspecified atom stereocenters. The molecule has 0 spiro atoms. The molecule has 21 heavy (non-hydrogen) atoms. The maximum atomic E-state index is 12.8. The molecule has 118 valence electrons. The molecule has 0 fully saturated rings. The van der Waals surface area contributed by atoms with Crippen LogP contribution in [-0.2, 0) is 25.9 Å². The van der Waals surface area contributed by atoms with Crippen LogP contribution in [0.1, 0.15) is 63.8 Å². The van der Waals surface area contributed by atoms with Crippen molar-refractivity contribution in [2.24, 2.45) is 5.92 Å². The van der Waals surface area contributed by atoms with Gasteiger partial charge >= 0.3 is 0 Å². The summed E-state index contributed by atoms with van der Waals surface area (Å²) in [4.78, 5) is 12.8. The van der Waals surface area contributed by atoms with Crippen LogP contribution in [0, 0.1) is 5.92 Å². The number of hydrogen-bond donors (Lipinski definition) is 1. The molecule has 1 aromatic rings. The molecule has 1 heterocycles. The topological polar surface area (TPSA) is 34.0 Å². The molecule has 1 aliphatic rings. The molecule has 1 atom stereocenters. The standard InChI is InChI=1S/C18H30N2O/c1-5-14(4)19-11-16-10-15-8-6-7-9-17(15)20(18(16)21)12-13(2)3/h10,13-14,19H,5-9,11-12H2,1-4H3. The maximum absolute atomic E-state index is 12.8. The molecule has 1 aliphatic carbocycles. The van der Waals surface area contributed by atoms with Gasteiger partial charge in [-0.05, 0) is 56.6 Å². The smallest absolute Gasteiger partial charge is 0.255 e. The second kappa shape index (κ2) is 7.26. The van der Waals surface area contributed by atoms with E-state index in [1.807, 2.05) is 0 Å². The first kappa shape index (κ1) is 16.3. The van der Waals surface area contributed by atoms with Gasteiger partial charge in [0, 0.05) is 30.4 Å². The minimum Gasteiger partial charge on any atom is -0.312 e. The predicted molar refractivity (Wildman–Crippen MR) is 88.8 cm³/mol. The third-order valence-corrected chi connectivity index (χ3v) is 4.48. The van der Waals surface area contributed by atoms with E-state index in [2.05, 4.69) is 43.6 Å². The molecule has 1 N–H and O–H groups in total. The van der Waals surface area contributed by atoms with Crippen LogP contribution < -0.4 is 10.9 Å². The Morgan fingerprint density at radius 1 is 1.24 bits per heavy atom. The van der Waals surface area contributed by atoms with Gasteiger partial charge in [0.1, 0.15) is 0 Å². The largest absolute Gasteiger partial charge is 0.312 e. The van der Waals surface area contributed by atoms with E-state index >= 15 is 0 Å². The van der Waals surface area contributed by atoms with Gasteiger partial charge < -0.3 is 9.88 Å². The van der Waals surface area contributed by atoms with Gasteiger partial charge in [-0.3, -0.25) is 4.79 Å². The Morgan fingerprint density at radius 2 is 1.95 bits per heavy atom. The van der Waals surface area contributed by atoms with Crippen molar-refractivity contribution in [1.29, 1.82) is 0 Å². The molecule has 0 amide bonds. The molecule has 0 saturated heterocycles. The summed E-state index contributed by atoms with van der Waals surface area (Å²) in [6.45, 7) is 10.3. The molecule has 2 rings (SSSR count). The highest BCUT2D eigenvalue weighted by Crippen LogP contribution is 2.21. The van der Waals surface area contributed by atoms with Gasteiger partial charge in [0.25, 0.3) is 5.56 Å². The number of aryl methyl sites for hydroxylation is 1. The van der Waals surface area contributed by atoms with Crippen molar-refractivity contribution < 1.29 is 0 Å². The Labute approximate surface area is 128 Å². The maximum Gasteiger partial charge on any atom is 0.255 e. The Balaban J connectivity index is 2.35. The Morgan fingerprint density at radius 3 is 2.62 bits per heavy atom. The van der Waals surface area contributed by atoms with Crippen LogP contribution in [0.15, 0.2) is 10.9 Å². The number of fused-ring (bicyclic) bond motifs is 1. The van der Waals surface area contributed by atoms with Gasteiger partial charge in [0.05, 0.1) is 0 Å². The van der Waals surface area contributed by atoms with Crippen molar-refractivity contribution in [1.82, 2.24) is 9.88 Å². The van der Waals surface area contributed by atoms with Gasteiger partial charge in [-0.15, -0.1) is 0 Å². The number of pyridine rings is 1. The summed E-state index contributed by atoms with van der Waals surface area (Å²) in [5.41, 5.74) is 3.87. The molecule has 0 saturated carbocycles. The van der Waals surface area contributed by atoms with Crippen LogP contribution in [0.3, 0.4) is 0 Å². The van der Waals surface area contributed by atoms with E-state index in [4.69, 9.17) is 0 Å². The minimum atomic E-state index is 0.222.